The number of allylic oxidation sites excluding steroid dienone is 1. The largest absolute Gasteiger partial charge is 0.457 e. The molecule has 0 aromatic heterocycles. The number of nitrogens with zero attached hydrogens (tertiary/aromatic N) is 1. The fraction of sp³-hybridized carbons (Fsp3) is 0.0526. The van der Waals surface area contributed by atoms with E-state index in [-0.39, 0.29) is 5.84 Å². The number of para-hydroxylation sites is 1. The second kappa shape index (κ2) is 7.75. The molecule has 0 amide bonds. The minimum Gasteiger partial charge on any atom is -0.457 e. The molecule has 0 atom stereocenters. The van der Waals surface area contributed by atoms with Gasteiger partial charge in [-0.15, -0.1) is 0 Å². The van der Waals surface area contributed by atoms with Crippen molar-refractivity contribution < 1.29 is 4.74 Å². The second-order valence-corrected chi connectivity index (χ2v) is 4.71. The molecule has 0 aliphatic heterocycles. The van der Waals surface area contributed by atoms with Gasteiger partial charge in [0.2, 0.25) is 0 Å². The average molecular weight is 305 g/mol. The lowest BCUT2D eigenvalue weighted by molar-refractivity contribution is 0.482. The molecular formula is C19H19N3O. The highest BCUT2D eigenvalue weighted by atomic mass is 16.5. The van der Waals surface area contributed by atoms with Crippen LogP contribution in [-0.2, 0) is 0 Å². The number of nitrogens with two attached hydrogens (primary N) is 1. The number of benzene rings is 2. The maximum absolute atomic E-state index is 8.28. The molecule has 0 bridgehead atoms. The molecule has 2 aromatic rings. The highest BCUT2D eigenvalue weighted by molar-refractivity contribution is 6.28. The van der Waals surface area contributed by atoms with Gasteiger partial charge in [0.1, 0.15) is 17.3 Å². The van der Waals surface area contributed by atoms with Crippen molar-refractivity contribution >= 4 is 11.5 Å². The van der Waals surface area contributed by atoms with Gasteiger partial charge in [0, 0.05) is 17.3 Å². The van der Waals surface area contributed by atoms with Crippen molar-refractivity contribution in [3.05, 3.63) is 84.6 Å². The number of hydrogen-bond donors (Lipinski definition) is 2. The lowest BCUT2D eigenvalue weighted by Gasteiger charge is -2.10. The molecule has 0 spiro atoms. The third-order valence-corrected chi connectivity index (χ3v) is 3.19. The van der Waals surface area contributed by atoms with Crippen molar-refractivity contribution in [2.45, 2.75) is 6.92 Å². The van der Waals surface area contributed by atoms with Crippen molar-refractivity contribution in [3.63, 3.8) is 0 Å². The first-order chi connectivity index (χ1) is 11.2. The van der Waals surface area contributed by atoms with Crippen LogP contribution in [0, 0.1) is 5.41 Å². The van der Waals surface area contributed by atoms with Gasteiger partial charge >= 0.3 is 0 Å². The Morgan fingerprint density at radius 1 is 1.09 bits per heavy atom. The zero-order valence-electron chi connectivity index (χ0n) is 13.0. The van der Waals surface area contributed by atoms with E-state index in [1.165, 1.54) is 6.20 Å². The van der Waals surface area contributed by atoms with Crippen LogP contribution in [0.15, 0.2) is 84.0 Å². The van der Waals surface area contributed by atoms with Gasteiger partial charge in [-0.05, 0) is 43.3 Å². The van der Waals surface area contributed by atoms with Crippen molar-refractivity contribution in [3.8, 4) is 11.5 Å². The van der Waals surface area contributed by atoms with Crippen LogP contribution in [0.25, 0.3) is 0 Å². The molecule has 2 rings (SSSR count). The Kier molecular flexibility index (Phi) is 5.47. The topological polar surface area (TPSA) is 71.5 Å². The Hall–Kier alpha value is -3.14. The molecule has 0 aliphatic rings. The first kappa shape index (κ1) is 16.2. The summed E-state index contributed by atoms with van der Waals surface area (Å²) < 4.78 is 5.74. The van der Waals surface area contributed by atoms with Crippen molar-refractivity contribution in [1.29, 1.82) is 5.41 Å². The van der Waals surface area contributed by atoms with Gasteiger partial charge in [0.05, 0.1) is 5.71 Å². The second-order valence-electron chi connectivity index (χ2n) is 4.71. The predicted octanol–water partition coefficient (Wildman–Crippen LogP) is 4.29. The molecule has 4 nitrogen and oxygen atoms in total. The summed E-state index contributed by atoms with van der Waals surface area (Å²) in [6.07, 6.45) is 3.13. The molecule has 0 saturated heterocycles. The third kappa shape index (κ3) is 4.17. The van der Waals surface area contributed by atoms with Crippen LogP contribution in [0.5, 0.6) is 11.5 Å². The SMILES string of the molecule is C=C/N=C(N)\C(=C/C)C(=N)c1ccc(Oc2ccccc2)cc1. The zero-order chi connectivity index (χ0) is 16.7. The number of ether oxygens (including phenoxy) is 1. The summed E-state index contributed by atoms with van der Waals surface area (Å²) >= 11 is 0. The molecule has 3 N–H and O–H groups in total. The van der Waals surface area contributed by atoms with E-state index in [2.05, 4.69) is 11.6 Å². The van der Waals surface area contributed by atoms with Gasteiger partial charge in [0.25, 0.3) is 0 Å². The van der Waals surface area contributed by atoms with E-state index in [1.807, 2.05) is 61.5 Å². The molecule has 2 aromatic carbocycles. The van der Waals surface area contributed by atoms with Crippen LogP contribution in [0.2, 0.25) is 0 Å². The van der Waals surface area contributed by atoms with E-state index in [0.717, 1.165) is 11.3 Å². The van der Waals surface area contributed by atoms with Crippen LogP contribution in [-0.4, -0.2) is 11.5 Å². The quantitative estimate of drug-likeness (QED) is 0.617. The molecule has 0 fully saturated rings. The molecule has 0 unspecified atom stereocenters. The van der Waals surface area contributed by atoms with Crippen molar-refractivity contribution in [2.75, 3.05) is 0 Å². The molecule has 0 heterocycles. The summed E-state index contributed by atoms with van der Waals surface area (Å²) in [6, 6.07) is 16.8. The predicted molar refractivity (Wildman–Crippen MR) is 95.4 cm³/mol. The Bertz CT molecular complexity index is 744. The van der Waals surface area contributed by atoms with Crippen LogP contribution in [0.4, 0.5) is 0 Å². The van der Waals surface area contributed by atoms with Gasteiger partial charge in [-0.1, -0.05) is 30.9 Å². The van der Waals surface area contributed by atoms with E-state index in [1.54, 1.807) is 6.08 Å². The highest BCUT2D eigenvalue weighted by Gasteiger charge is 2.11. The van der Waals surface area contributed by atoms with Gasteiger partial charge < -0.3 is 10.5 Å². The first-order valence-electron chi connectivity index (χ1n) is 7.19. The maximum Gasteiger partial charge on any atom is 0.132 e. The number of aliphatic imine (C=N–C) groups is 1. The normalized spacial score (nSPS) is 11.9. The van der Waals surface area contributed by atoms with E-state index in [9.17, 15) is 0 Å². The fourth-order valence-electron chi connectivity index (χ4n) is 2.06. The van der Waals surface area contributed by atoms with E-state index in [4.69, 9.17) is 15.9 Å². The lowest BCUT2D eigenvalue weighted by Crippen LogP contribution is -2.21. The Balaban J connectivity index is 2.17. The van der Waals surface area contributed by atoms with Crippen LogP contribution in [0.1, 0.15) is 12.5 Å². The van der Waals surface area contributed by atoms with Crippen molar-refractivity contribution in [1.82, 2.24) is 0 Å². The van der Waals surface area contributed by atoms with Gasteiger partial charge in [-0.2, -0.15) is 0 Å². The van der Waals surface area contributed by atoms with Crippen LogP contribution in [0.3, 0.4) is 0 Å². The smallest absolute Gasteiger partial charge is 0.132 e. The summed E-state index contributed by atoms with van der Waals surface area (Å²) in [4.78, 5) is 3.94. The maximum atomic E-state index is 8.28. The standard InChI is InChI=1S/C19H19N3O/c1-3-17(19(21)22-4-2)18(20)14-10-12-16(13-11-14)23-15-8-6-5-7-9-15/h3-13,20H,2H2,1H3,(H2,21,22)/b17-3-,20-18?. The summed E-state index contributed by atoms with van der Waals surface area (Å²) in [6.45, 7) is 5.34. The zero-order valence-corrected chi connectivity index (χ0v) is 13.0. The molecule has 116 valence electrons. The summed E-state index contributed by atoms with van der Waals surface area (Å²) in [7, 11) is 0. The number of nitrogens with one attached hydrogen (secondary N) is 1. The third-order valence-electron chi connectivity index (χ3n) is 3.19. The van der Waals surface area contributed by atoms with Gasteiger partial charge in [-0.25, -0.2) is 4.99 Å². The molecule has 0 radical (unpaired) electrons. The van der Waals surface area contributed by atoms with E-state index < -0.39 is 0 Å². The summed E-state index contributed by atoms with van der Waals surface area (Å²) in [5, 5.41) is 8.28. The monoisotopic (exact) mass is 305 g/mol. The van der Waals surface area contributed by atoms with Crippen molar-refractivity contribution in [2.24, 2.45) is 10.7 Å². The Labute approximate surface area is 136 Å². The van der Waals surface area contributed by atoms with Crippen LogP contribution < -0.4 is 10.5 Å². The lowest BCUT2D eigenvalue weighted by atomic mass is 10.0. The first-order valence-corrected chi connectivity index (χ1v) is 7.19. The molecule has 0 aliphatic carbocycles. The Morgan fingerprint density at radius 2 is 1.70 bits per heavy atom. The number of hydrogen-bond acceptors (Lipinski definition) is 3. The Morgan fingerprint density at radius 3 is 2.26 bits per heavy atom. The highest BCUT2D eigenvalue weighted by Crippen LogP contribution is 2.22. The molecule has 0 saturated carbocycles. The average Bonchev–Trinajstić information content (AvgIpc) is 2.57. The van der Waals surface area contributed by atoms with Gasteiger partial charge in [0.15, 0.2) is 0 Å². The van der Waals surface area contributed by atoms with Crippen LogP contribution >= 0.6 is 0 Å². The van der Waals surface area contributed by atoms with E-state index >= 15 is 0 Å². The summed E-state index contributed by atoms with van der Waals surface area (Å²) in [5.74, 6) is 1.76. The minimum absolute atomic E-state index is 0.275. The molecule has 4 heteroatoms. The fourth-order valence-corrected chi connectivity index (χ4v) is 2.06. The van der Waals surface area contributed by atoms with Gasteiger partial charge in [-0.3, -0.25) is 5.41 Å². The number of rotatable bonds is 6. The van der Waals surface area contributed by atoms with E-state index in [0.29, 0.717) is 17.0 Å². The number of amidine groups is 1. The molecule has 23 heavy (non-hydrogen) atoms. The minimum atomic E-state index is 0.275. The summed E-state index contributed by atoms with van der Waals surface area (Å²) in [5.41, 5.74) is 7.47. The molecular weight excluding hydrogens is 286 g/mol.